The summed E-state index contributed by atoms with van der Waals surface area (Å²) >= 11 is 0. The Morgan fingerprint density at radius 2 is 1.76 bits per heavy atom. The van der Waals surface area contributed by atoms with E-state index in [0.717, 1.165) is 0 Å². The Bertz CT molecular complexity index is 1140. The Kier molecular flexibility index (Phi) is 5.75. The maximum absolute atomic E-state index is 14.6. The third-order valence-corrected chi connectivity index (χ3v) is 8.57. The van der Waals surface area contributed by atoms with Crippen LogP contribution >= 0.6 is 0 Å². The molecule has 1 aliphatic carbocycles. The number of benzene rings is 2. The van der Waals surface area contributed by atoms with E-state index in [1.807, 2.05) is 4.90 Å². The van der Waals surface area contributed by atoms with E-state index in [4.69, 9.17) is 9.47 Å². The number of halogens is 1. The molecule has 8 nitrogen and oxygen atoms in total. The van der Waals surface area contributed by atoms with E-state index >= 15 is 0 Å². The van der Waals surface area contributed by atoms with Crippen molar-refractivity contribution in [2.75, 3.05) is 56.7 Å². The third-order valence-electron chi connectivity index (χ3n) is 6.73. The van der Waals surface area contributed by atoms with Gasteiger partial charge in [0.15, 0.2) is 0 Å². The van der Waals surface area contributed by atoms with Gasteiger partial charge in [-0.3, -0.25) is 4.79 Å². The van der Waals surface area contributed by atoms with Crippen LogP contribution in [-0.2, 0) is 19.6 Å². The van der Waals surface area contributed by atoms with Crippen LogP contribution in [0.15, 0.2) is 47.4 Å². The van der Waals surface area contributed by atoms with Crippen LogP contribution < -0.4 is 15.0 Å². The molecule has 33 heavy (non-hydrogen) atoms. The van der Waals surface area contributed by atoms with E-state index in [1.54, 1.807) is 24.3 Å². The van der Waals surface area contributed by atoms with Crippen LogP contribution in [0, 0.1) is 23.6 Å². The van der Waals surface area contributed by atoms with E-state index in [-0.39, 0.29) is 34.4 Å². The van der Waals surface area contributed by atoms with Crippen molar-refractivity contribution in [3.63, 3.8) is 0 Å². The molecular formula is C23H26FN3O5S. The predicted octanol–water partition coefficient (Wildman–Crippen LogP) is 2.18. The molecule has 0 spiro atoms. The van der Waals surface area contributed by atoms with Gasteiger partial charge >= 0.3 is 0 Å². The van der Waals surface area contributed by atoms with Crippen LogP contribution in [0.25, 0.3) is 0 Å². The Balaban J connectivity index is 1.19. The number of nitrogens with one attached hydrogen (secondary N) is 1. The van der Waals surface area contributed by atoms with E-state index in [1.165, 1.54) is 29.6 Å². The Labute approximate surface area is 192 Å². The second kappa shape index (κ2) is 8.58. The summed E-state index contributed by atoms with van der Waals surface area (Å²) in [5, 5.41) is 2.80. The summed E-state index contributed by atoms with van der Waals surface area (Å²) in [7, 11) is -2.09. The highest BCUT2D eigenvalue weighted by Crippen LogP contribution is 2.53. The van der Waals surface area contributed by atoms with Crippen molar-refractivity contribution in [3.8, 4) is 5.75 Å². The summed E-state index contributed by atoms with van der Waals surface area (Å²) in [5.74, 6) is -0.280. The first-order valence-corrected chi connectivity index (χ1v) is 12.4. The minimum Gasteiger partial charge on any atom is -0.497 e. The van der Waals surface area contributed by atoms with Gasteiger partial charge in [0.05, 0.1) is 30.9 Å². The molecule has 0 bridgehead atoms. The zero-order valence-corrected chi connectivity index (χ0v) is 19.1. The SMILES string of the molecule is COc1ccc(S(=O)(=O)N2CC3C(C2)C3C(=O)Nc2ccc(N3CCOCC3)c(F)c2)cc1. The van der Waals surface area contributed by atoms with E-state index in [9.17, 15) is 17.6 Å². The Hall–Kier alpha value is -2.69. The molecule has 1 amide bonds. The fraction of sp³-hybridized carbons (Fsp3) is 0.435. The predicted molar refractivity (Wildman–Crippen MR) is 120 cm³/mol. The van der Waals surface area contributed by atoms with Crippen LogP contribution in [0.5, 0.6) is 5.75 Å². The normalized spacial score (nSPS) is 24.9. The second-order valence-electron chi connectivity index (χ2n) is 8.61. The van der Waals surface area contributed by atoms with E-state index in [0.29, 0.717) is 56.5 Å². The lowest BCUT2D eigenvalue weighted by atomic mass is 10.2. The highest BCUT2D eigenvalue weighted by atomic mass is 32.2. The number of morpholine rings is 1. The average molecular weight is 476 g/mol. The summed E-state index contributed by atoms with van der Waals surface area (Å²) in [6, 6.07) is 11.0. The van der Waals surface area contributed by atoms with Crippen LogP contribution in [0.3, 0.4) is 0 Å². The molecule has 10 heteroatoms. The molecule has 0 radical (unpaired) electrons. The molecule has 0 aromatic heterocycles. The molecule has 2 unspecified atom stereocenters. The number of carbonyl (C=O) groups is 1. The van der Waals surface area contributed by atoms with Gasteiger partial charge in [-0.15, -0.1) is 0 Å². The Morgan fingerprint density at radius 3 is 2.36 bits per heavy atom. The maximum atomic E-state index is 14.6. The van der Waals surface area contributed by atoms with Crippen molar-refractivity contribution in [2.24, 2.45) is 17.8 Å². The van der Waals surface area contributed by atoms with Crippen molar-refractivity contribution in [2.45, 2.75) is 4.90 Å². The first kappa shape index (κ1) is 22.1. The zero-order valence-electron chi connectivity index (χ0n) is 18.2. The quantitative estimate of drug-likeness (QED) is 0.689. The van der Waals surface area contributed by atoms with Gasteiger partial charge < -0.3 is 19.7 Å². The van der Waals surface area contributed by atoms with Crippen molar-refractivity contribution >= 4 is 27.3 Å². The molecule has 2 aliphatic heterocycles. The van der Waals surface area contributed by atoms with Gasteiger partial charge in [0.2, 0.25) is 15.9 Å². The molecule has 2 aromatic rings. The summed E-state index contributed by atoms with van der Waals surface area (Å²) < 4.78 is 52.2. The zero-order chi connectivity index (χ0) is 23.2. The molecular weight excluding hydrogens is 449 g/mol. The highest BCUT2D eigenvalue weighted by molar-refractivity contribution is 7.89. The third kappa shape index (κ3) is 4.18. The molecule has 2 atom stereocenters. The fourth-order valence-electron chi connectivity index (χ4n) is 4.84. The van der Waals surface area contributed by atoms with Crippen LogP contribution in [0.1, 0.15) is 0 Å². The smallest absolute Gasteiger partial charge is 0.243 e. The number of fused-ring (bicyclic) bond motifs is 1. The number of anilines is 2. The molecule has 2 saturated heterocycles. The Morgan fingerprint density at radius 1 is 1.09 bits per heavy atom. The average Bonchev–Trinajstić information content (AvgIpc) is 3.33. The number of carbonyl (C=O) groups excluding carboxylic acids is 1. The maximum Gasteiger partial charge on any atom is 0.243 e. The fourth-order valence-corrected chi connectivity index (χ4v) is 6.36. The first-order valence-electron chi connectivity index (χ1n) is 11.0. The largest absolute Gasteiger partial charge is 0.497 e. The summed E-state index contributed by atoms with van der Waals surface area (Å²) in [5.41, 5.74) is 0.904. The minimum atomic E-state index is -3.61. The molecule has 3 aliphatic rings. The molecule has 176 valence electrons. The number of ether oxygens (including phenoxy) is 2. The summed E-state index contributed by atoms with van der Waals surface area (Å²) in [6.07, 6.45) is 0. The van der Waals surface area contributed by atoms with Gasteiger partial charge in [0.25, 0.3) is 0 Å². The minimum absolute atomic E-state index is 0.0181. The van der Waals surface area contributed by atoms with Crippen molar-refractivity contribution in [1.82, 2.24) is 4.31 Å². The standard InChI is InChI=1S/C23H26FN3O5S/c1-31-16-3-5-17(6-4-16)33(29,30)27-13-18-19(14-27)22(18)23(28)25-15-2-7-21(20(24)12-15)26-8-10-32-11-9-26/h2-7,12,18-19,22H,8-11,13-14H2,1H3,(H,25,28). The molecule has 5 rings (SSSR count). The molecule has 1 saturated carbocycles. The number of nitrogens with zero attached hydrogens (tertiary/aromatic N) is 2. The van der Waals surface area contributed by atoms with Crippen LogP contribution in [0.4, 0.5) is 15.8 Å². The van der Waals surface area contributed by atoms with Crippen molar-refractivity contribution < 1.29 is 27.1 Å². The number of rotatable bonds is 6. The van der Waals surface area contributed by atoms with Gasteiger partial charge in [-0.1, -0.05) is 0 Å². The monoisotopic (exact) mass is 475 g/mol. The lowest BCUT2D eigenvalue weighted by molar-refractivity contribution is -0.118. The molecule has 3 fully saturated rings. The van der Waals surface area contributed by atoms with Gasteiger partial charge in [-0.05, 0) is 54.3 Å². The number of methoxy groups -OCH3 is 1. The van der Waals surface area contributed by atoms with E-state index in [2.05, 4.69) is 5.32 Å². The van der Waals surface area contributed by atoms with E-state index < -0.39 is 10.0 Å². The summed E-state index contributed by atoms with van der Waals surface area (Å²) in [6.45, 7) is 3.00. The van der Waals surface area contributed by atoms with Crippen LogP contribution in [0.2, 0.25) is 0 Å². The lowest BCUT2D eigenvalue weighted by Crippen LogP contribution is -2.36. The van der Waals surface area contributed by atoms with Crippen molar-refractivity contribution in [3.05, 3.63) is 48.3 Å². The first-order chi connectivity index (χ1) is 15.9. The number of amides is 1. The van der Waals surface area contributed by atoms with Crippen LogP contribution in [-0.4, -0.2) is 65.1 Å². The van der Waals surface area contributed by atoms with Gasteiger partial charge in [-0.25, -0.2) is 12.8 Å². The van der Waals surface area contributed by atoms with Gasteiger partial charge in [0, 0.05) is 37.8 Å². The van der Waals surface area contributed by atoms with Crippen molar-refractivity contribution in [1.29, 1.82) is 0 Å². The van der Waals surface area contributed by atoms with Gasteiger partial charge in [0.1, 0.15) is 11.6 Å². The van der Waals surface area contributed by atoms with Gasteiger partial charge in [-0.2, -0.15) is 4.31 Å². The number of hydrogen-bond donors (Lipinski definition) is 1. The molecule has 2 heterocycles. The summed E-state index contributed by atoms with van der Waals surface area (Å²) in [4.78, 5) is 14.9. The molecule has 1 N–H and O–H groups in total. The lowest BCUT2D eigenvalue weighted by Gasteiger charge is -2.29. The molecule has 2 aromatic carbocycles. The number of piperidine rings is 1. The highest BCUT2D eigenvalue weighted by Gasteiger charge is 2.61. The number of sulfonamides is 1. The topological polar surface area (TPSA) is 88.2 Å². The second-order valence-corrected chi connectivity index (χ2v) is 10.5. The number of hydrogen-bond acceptors (Lipinski definition) is 6.